The van der Waals surface area contributed by atoms with Crippen LogP contribution in [0.3, 0.4) is 0 Å². The first-order chi connectivity index (χ1) is 7.61. The number of carboxylic acid groups (broad SMARTS) is 1. The molecule has 0 heterocycles. The molecule has 1 N–H and O–H groups in total. The Balaban J connectivity index is 2.71. The van der Waals surface area contributed by atoms with Crippen LogP contribution in [0.4, 0.5) is 0 Å². The van der Waals surface area contributed by atoms with Crippen molar-refractivity contribution in [1.29, 1.82) is 0 Å². The summed E-state index contributed by atoms with van der Waals surface area (Å²) in [6, 6.07) is 10.2. The minimum atomic E-state index is -0.721. The van der Waals surface area contributed by atoms with Gasteiger partial charge in [-0.15, -0.1) is 0 Å². The van der Waals surface area contributed by atoms with Gasteiger partial charge in [0.25, 0.3) is 0 Å². The molecule has 0 fully saturated rings. The fourth-order valence-electron chi connectivity index (χ4n) is 1.74. The van der Waals surface area contributed by atoms with Crippen molar-refractivity contribution in [3.8, 4) is 0 Å². The van der Waals surface area contributed by atoms with Crippen LogP contribution in [-0.4, -0.2) is 11.1 Å². The van der Waals surface area contributed by atoms with Crippen molar-refractivity contribution in [2.24, 2.45) is 0 Å². The highest BCUT2D eigenvalue weighted by molar-refractivity contribution is 5.70. The summed E-state index contributed by atoms with van der Waals surface area (Å²) in [7, 11) is 0. The van der Waals surface area contributed by atoms with Crippen LogP contribution >= 0.6 is 0 Å². The van der Waals surface area contributed by atoms with Crippen molar-refractivity contribution in [3.05, 3.63) is 41.5 Å². The molecular weight excluding hydrogens is 200 g/mol. The maximum atomic E-state index is 10.5. The molecule has 0 radical (unpaired) electrons. The number of hydrogen-bond donors (Lipinski definition) is 1. The maximum absolute atomic E-state index is 10.5. The van der Waals surface area contributed by atoms with Crippen LogP contribution in [0.25, 0.3) is 5.57 Å². The van der Waals surface area contributed by atoms with Crippen molar-refractivity contribution >= 4 is 11.5 Å². The van der Waals surface area contributed by atoms with Crippen LogP contribution in [0, 0.1) is 0 Å². The smallest absolute Gasteiger partial charge is 0.303 e. The summed E-state index contributed by atoms with van der Waals surface area (Å²) in [5, 5.41) is 8.62. The molecule has 1 aromatic rings. The zero-order valence-electron chi connectivity index (χ0n) is 9.86. The molecule has 2 nitrogen and oxygen atoms in total. The van der Waals surface area contributed by atoms with E-state index in [-0.39, 0.29) is 6.42 Å². The topological polar surface area (TPSA) is 37.3 Å². The van der Waals surface area contributed by atoms with Crippen molar-refractivity contribution < 1.29 is 9.90 Å². The molecule has 0 atom stereocenters. The van der Waals surface area contributed by atoms with E-state index in [9.17, 15) is 4.79 Å². The van der Waals surface area contributed by atoms with Crippen molar-refractivity contribution in [2.45, 2.75) is 33.1 Å². The number of benzene rings is 1. The van der Waals surface area contributed by atoms with E-state index in [1.54, 1.807) is 0 Å². The molecule has 0 bridgehead atoms. The fourth-order valence-corrected chi connectivity index (χ4v) is 1.74. The lowest BCUT2D eigenvalue weighted by Crippen LogP contribution is -1.95. The van der Waals surface area contributed by atoms with Gasteiger partial charge in [-0.25, -0.2) is 0 Å². The van der Waals surface area contributed by atoms with Crippen molar-refractivity contribution in [2.75, 3.05) is 0 Å². The van der Waals surface area contributed by atoms with E-state index in [1.165, 1.54) is 16.7 Å². The van der Waals surface area contributed by atoms with E-state index in [1.807, 2.05) is 18.2 Å². The third-order valence-corrected chi connectivity index (χ3v) is 2.54. The zero-order chi connectivity index (χ0) is 12.0. The van der Waals surface area contributed by atoms with Crippen LogP contribution in [0.2, 0.25) is 0 Å². The predicted octanol–water partition coefficient (Wildman–Crippen LogP) is 3.73. The zero-order valence-corrected chi connectivity index (χ0v) is 9.86. The van der Waals surface area contributed by atoms with E-state index < -0.39 is 5.97 Å². The molecule has 0 amide bonds. The van der Waals surface area contributed by atoms with Gasteiger partial charge < -0.3 is 5.11 Å². The minimum absolute atomic E-state index is 0.240. The largest absolute Gasteiger partial charge is 0.481 e. The quantitative estimate of drug-likeness (QED) is 0.817. The Morgan fingerprint density at radius 1 is 1.12 bits per heavy atom. The second kappa shape index (κ2) is 6.11. The standard InChI is InChI=1S/C14H18O2/c1-11(2)13(9-6-10-14(15)16)12-7-4-3-5-8-12/h3-5,7-8H,6,9-10H2,1-2H3,(H,15,16). The third kappa shape index (κ3) is 3.89. The van der Waals surface area contributed by atoms with E-state index in [0.29, 0.717) is 6.42 Å². The molecule has 0 saturated carbocycles. The minimum Gasteiger partial charge on any atom is -0.481 e. The summed E-state index contributed by atoms with van der Waals surface area (Å²) in [4.78, 5) is 10.5. The molecule has 0 aliphatic rings. The number of carboxylic acids is 1. The number of rotatable bonds is 5. The molecule has 2 heteroatoms. The monoisotopic (exact) mass is 218 g/mol. The first-order valence-corrected chi connectivity index (χ1v) is 5.55. The third-order valence-electron chi connectivity index (χ3n) is 2.54. The van der Waals surface area contributed by atoms with Crippen LogP contribution < -0.4 is 0 Å². The van der Waals surface area contributed by atoms with Gasteiger partial charge in [0.15, 0.2) is 0 Å². The number of aliphatic carboxylic acids is 1. The van der Waals surface area contributed by atoms with E-state index in [4.69, 9.17) is 5.11 Å². The second-order valence-corrected chi connectivity index (χ2v) is 4.09. The average molecular weight is 218 g/mol. The number of carbonyl (C=O) groups is 1. The van der Waals surface area contributed by atoms with Gasteiger partial charge in [-0.2, -0.15) is 0 Å². The Bertz CT molecular complexity index is 373. The molecule has 0 unspecified atom stereocenters. The predicted molar refractivity (Wildman–Crippen MR) is 66.2 cm³/mol. The summed E-state index contributed by atoms with van der Waals surface area (Å²) in [5.74, 6) is -0.721. The Hall–Kier alpha value is -1.57. The molecule has 86 valence electrons. The number of allylic oxidation sites excluding steroid dienone is 2. The summed E-state index contributed by atoms with van der Waals surface area (Å²) >= 11 is 0. The first kappa shape index (κ1) is 12.5. The summed E-state index contributed by atoms with van der Waals surface area (Å²) in [6.45, 7) is 4.15. The summed E-state index contributed by atoms with van der Waals surface area (Å²) < 4.78 is 0. The van der Waals surface area contributed by atoms with Crippen LogP contribution in [-0.2, 0) is 4.79 Å². The highest BCUT2D eigenvalue weighted by atomic mass is 16.4. The van der Waals surface area contributed by atoms with Crippen LogP contribution in [0.5, 0.6) is 0 Å². The molecule has 0 saturated heterocycles. The van der Waals surface area contributed by atoms with Crippen molar-refractivity contribution in [3.63, 3.8) is 0 Å². The summed E-state index contributed by atoms with van der Waals surface area (Å²) in [5.41, 5.74) is 3.73. The van der Waals surface area contributed by atoms with Crippen LogP contribution in [0.1, 0.15) is 38.7 Å². The molecular formula is C14H18O2. The highest BCUT2D eigenvalue weighted by Gasteiger charge is 2.04. The van der Waals surface area contributed by atoms with Gasteiger partial charge >= 0.3 is 5.97 Å². The van der Waals surface area contributed by atoms with E-state index in [2.05, 4.69) is 26.0 Å². The van der Waals surface area contributed by atoms with Crippen LogP contribution in [0.15, 0.2) is 35.9 Å². The molecule has 16 heavy (non-hydrogen) atoms. The molecule has 0 aliphatic carbocycles. The van der Waals surface area contributed by atoms with Gasteiger partial charge in [0, 0.05) is 6.42 Å². The molecule has 0 aliphatic heterocycles. The highest BCUT2D eigenvalue weighted by Crippen LogP contribution is 2.24. The summed E-state index contributed by atoms with van der Waals surface area (Å²) in [6.07, 6.45) is 1.77. The lowest BCUT2D eigenvalue weighted by atomic mass is 9.96. The molecule has 0 aromatic heterocycles. The van der Waals surface area contributed by atoms with Gasteiger partial charge in [0.2, 0.25) is 0 Å². The second-order valence-electron chi connectivity index (χ2n) is 4.09. The Morgan fingerprint density at radius 2 is 1.75 bits per heavy atom. The lowest BCUT2D eigenvalue weighted by Gasteiger charge is -2.09. The van der Waals surface area contributed by atoms with E-state index in [0.717, 1.165) is 6.42 Å². The SMILES string of the molecule is CC(C)=C(CCCC(=O)O)c1ccccc1. The lowest BCUT2D eigenvalue weighted by molar-refractivity contribution is -0.137. The van der Waals surface area contributed by atoms with Crippen molar-refractivity contribution in [1.82, 2.24) is 0 Å². The normalized spacial score (nSPS) is 9.88. The Labute approximate surface area is 96.6 Å². The van der Waals surface area contributed by atoms with Gasteiger partial charge in [0.1, 0.15) is 0 Å². The van der Waals surface area contributed by atoms with Gasteiger partial charge in [-0.05, 0) is 37.8 Å². The van der Waals surface area contributed by atoms with E-state index >= 15 is 0 Å². The van der Waals surface area contributed by atoms with Gasteiger partial charge in [-0.3, -0.25) is 4.79 Å². The maximum Gasteiger partial charge on any atom is 0.303 e. The molecule has 0 spiro atoms. The first-order valence-electron chi connectivity index (χ1n) is 5.55. The van der Waals surface area contributed by atoms with Gasteiger partial charge in [0.05, 0.1) is 0 Å². The Kier molecular flexibility index (Phi) is 4.77. The molecule has 1 rings (SSSR count). The number of hydrogen-bond acceptors (Lipinski definition) is 1. The average Bonchev–Trinajstić information content (AvgIpc) is 2.25. The van der Waals surface area contributed by atoms with Gasteiger partial charge in [-0.1, -0.05) is 35.9 Å². The molecule has 1 aromatic carbocycles. The Morgan fingerprint density at radius 3 is 2.25 bits per heavy atom. The fraction of sp³-hybridized carbons (Fsp3) is 0.357.